The molecule has 1 aliphatic rings. The van der Waals surface area contributed by atoms with Gasteiger partial charge in [-0.2, -0.15) is 13.2 Å². The van der Waals surface area contributed by atoms with E-state index >= 15 is 0 Å². The topological polar surface area (TPSA) is 49.8 Å². The molecule has 2 aromatic carbocycles. The van der Waals surface area contributed by atoms with Crippen LogP contribution in [0.2, 0.25) is 5.02 Å². The van der Waals surface area contributed by atoms with Gasteiger partial charge in [-0.05, 0) is 54.3 Å². The number of ether oxygens (including phenoxy) is 1. The van der Waals surface area contributed by atoms with Gasteiger partial charge in [-0.15, -0.1) is 0 Å². The molecular weight excluding hydrogens is 407 g/mol. The van der Waals surface area contributed by atoms with Crippen molar-refractivity contribution >= 4 is 23.3 Å². The molecule has 0 saturated carbocycles. The van der Waals surface area contributed by atoms with E-state index in [-0.39, 0.29) is 19.2 Å². The molecule has 0 saturated heterocycles. The van der Waals surface area contributed by atoms with Crippen molar-refractivity contribution in [2.24, 2.45) is 0 Å². The van der Waals surface area contributed by atoms with Gasteiger partial charge in [0, 0.05) is 12.6 Å². The molecule has 1 aliphatic heterocycles. The molecule has 1 unspecified atom stereocenters. The van der Waals surface area contributed by atoms with Gasteiger partial charge in [0.2, 0.25) is 0 Å². The highest BCUT2D eigenvalue weighted by Crippen LogP contribution is 2.38. The van der Waals surface area contributed by atoms with Crippen LogP contribution in [-0.4, -0.2) is 35.3 Å². The number of aliphatic hydroxyl groups is 1. The fraction of sp³-hybridized carbons (Fsp3) is 0.286. The molecule has 29 heavy (non-hydrogen) atoms. The number of alkyl halides is 3. The van der Waals surface area contributed by atoms with Gasteiger partial charge >= 0.3 is 12.3 Å². The van der Waals surface area contributed by atoms with E-state index in [0.29, 0.717) is 28.9 Å². The molecular formula is C21H19ClF3NO3. The largest absolute Gasteiger partial charge is 0.417 e. The summed E-state index contributed by atoms with van der Waals surface area (Å²) in [6, 6.07) is 11.8. The van der Waals surface area contributed by atoms with E-state index in [1.165, 1.54) is 17.0 Å². The van der Waals surface area contributed by atoms with Crippen LogP contribution in [0, 0.1) is 0 Å². The Balaban J connectivity index is 1.86. The maximum atomic E-state index is 13.0. The second-order valence-corrected chi connectivity index (χ2v) is 7.20. The lowest BCUT2D eigenvalue weighted by atomic mass is 9.89. The fourth-order valence-electron chi connectivity index (χ4n) is 3.30. The lowest BCUT2D eigenvalue weighted by Crippen LogP contribution is -2.45. The average Bonchev–Trinajstić information content (AvgIpc) is 2.67. The predicted molar refractivity (Wildman–Crippen MR) is 104 cm³/mol. The molecule has 0 fully saturated rings. The summed E-state index contributed by atoms with van der Waals surface area (Å²) in [6.45, 7) is 1.58. The lowest BCUT2D eigenvalue weighted by molar-refractivity contribution is -0.137. The van der Waals surface area contributed by atoms with Crippen molar-refractivity contribution in [1.82, 2.24) is 4.90 Å². The highest BCUT2D eigenvalue weighted by atomic mass is 35.5. The summed E-state index contributed by atoms with van der Waals surface area (Å²) in [5.74, 6) is 0.402. The molecule has 0 radical (unpaired) electrons. The minimum atomic E-state index is -4.54. The van der Waals surface area contributed by atoms with Gasteiger partial charge in [0.1, 0.15) is 5.75 Å². The molecule has 4 nitrogen and oxygen atoms in total. The molecule has 1 heterocycles. The number of benzene rings is 2. The zero-order valence-corrected chi connectivity index (χ0v) is 16.3. The number of para-hydroxylation sites is 1. The molecule has 1 N–H and O–H groups in total. The van der Waals surface area contributed by atoms with Crippen LogP contribution in [0.5, 0.6) is 5.75 Å². The van der Waals surface area contributed by atoms with Crippen LogP contribution < -0.4 is 4.74 Å². The van der Waals surface area contributed by atoms with Crippen LogP contribution >= 0.6 is 11.6 Å². The molecule has 1 atom stereocenters. The van der Waals surface area contributed by atoms with Crippen molar-refractivity contribution in [2.75, 3.05) is 13.2 Å². The number of halogens is 4. The standard InChI is InChI=1S/C21H19ClF3NO3/c1-13-9-17(14-7-8-18(19(22)10-14)21(23,24)25)15(12-27)11-26(13)20(28)29-16-5-3-2-4-6-16/h2-8,10,13,27H,9,11-12H2,1H3. The van der Waals surface area contributed by atoms with E-state index in [0.717, 1.165) is 6.07 Å². The Kier molecular flexibility index (Phi) is 6.19. The van der Waals surface area contributed by atoms with Gasteiger partial charge in [-0.25, -0.2) is 4.79 Å². The fourth-order valence-corrected chi connectivity index (χ4v) is 3.59. The molecule has 0 aliphatic carbocycles. The Morgan fingerprint density at radius 1 is 1.24 bits per heavy atom. The Labute approximate surface area is 171 Å². The van der Waals surface area contributed by atoms with Gasteiger partial charge in [-0.1, -0.05) is 35.9 Å². The van der Waals surface area contributed by atoms with Crippen LogP contribution in [-0.2, 0) is 6.18 Å². The summed E-state index contributed by atoms with van der Waals surface area (Å²) < 4.78 is 44.2. The van der Waals surface area contributed by atoms with Crippen molar-refractivity contribution in [3.8, 4) is 5.75 Å². The lowest BCUT2D eigenvalue weighted by Gasteiger charge is -2.35. The Bertz CT molecular complexity index is 929. The summed E-state index contributed by atoms with van der Waals surface area (Å²) in [7, 11) is 0. The Morgan fingerprint density at radius 3 is 2.52 bits per heavy atom. The maximum Gasteiger partial charge on any atom is 0.417 e. The third kappa shape index (κ3) is 4.74. The summed E-state index contributed by atoms with van der Waals surface area (Å²) >= 11 is 5.84. The molecule has 154 valence electrons. The van der Waals surface area contributed by atoms with Crippen molar-refractivity contribution in [1.29, 1.82) is 0 Å². The first-order chi connectivity index (χ1) is 13.7. The van der Waals surface area contributed by atoms with E-state index in [1.54, 1.807) is 30.3 Å². The average molecular weight is 426 g/mol. The summed E-state index contributed by atoms with van der Waals surface area (Å²) in [4.78, 5) is 14.0. The number of hydrogen-bond donors (Lipinski definition) is 1. The van der Waals surface area contributed by atoms with E-state index in [1.807, 2.05) is 6.92 Å². The monoisotopic (exact) mass is 425 g/mol. The highest BCUT2D eigenvalue weighted by molar-refractivity contribution is 6.31. The molecule has 8 heteroatoms. The number of carbonyl (C=O) groups excluding carboxylic acids is 1. The van der Waals surface area contributed by atoms with E-state index < -0.39 is 22.9 Å². The quantitative estimate of drug-likeness (QED) is 0.716. The number of carbonyl (C=O) groups is 1. The minimum Gasteiger partial charge on any atom is -0.410 e. The number of nitrogens with zero attached hydrogens (tertiary/aromatic N) is 1. The Hall–Kier alpha value is -2.51. The van der Waals surface area contributed by atoms with Crippen LogP contribution in [0.1, 0.15) is 24.5 Å². The number of aliphatic hydroxyl groups excluding tert-OH is 1. The molecule has 2 aromatic rings. The first kappa shape index (κ1) is 21.2. The number of amides is 1. The Morgan fingerprint density at radius 2 is 1.93 bits per heavy atom. The minimum absolute atomic E-state index is 0.108. The molecule has 3 rings (SSSR count). The van der Waals surface area contributed by atoms with Gasteiger partial charge in [0.25, 0.3) is 0 Å². The van der Waals surface area contributed by atoms with E-state index in [4.69, 9.17) is 16.3 Å². The van der Waals surface area contributed by atoms with Gasteiger partial charge in [-0.3, -0.25) is 0 Å². The van der Waals surface area contributed by atoms with E-state index in [2.05, 4.69) is 0 Å². The summed E-state index contributed by atoms with van der Waals surface area (Å²) in [6.07, 6.45) is -4.75. The molecule has 1 amide bonds. The van der Waals surface area contributed by atoms with Gasteiger partial charge < -0.3 is 14.7 Å². The third-order valence-electron chi connectivity index (χ3n) is 4.82. The first-order valence-corrected chi connectivity index (χ1v) is 9.31. The highest BCUT2D eigenvalue weighted by Gasteiger charge is 2.34. The van der Waals surface area contributed by atoms with Crippen molar-refractivity contribution < 1.29 is 27.8 Å². The zero-order chi connectivity index (χ0) is 21.2. The van der Waals surface area contributed by atoms with Crippen molar-refractivity contribution in [3.05, 3.63) is 70.3 Å². The number of rotatable bonds is 3. The second kappa shape index (κ2) is 8.47. The van der Waals surface area contributed by atoms with Gasteiger partial charge in [0.15, 0.2) is 0 Å². The van der Waals surface area contributed by atoms with Crippen LogP contribution in [0.15, 0.2) is 54.1 Å². The zero-order valence-electron chi connectivity index (χ0n) is 15.5. The smallest absolute Gasteiger partial charge is 0.410 e. The first-order valence-electron chi connectivity index (χ1n) is 8.93. The molecule has 0 aromatic heterocycles. The van der Waals surface area contributed by atoms with Crippen molar-refractivity contribution in [2.45, 2.75) is 25.6 Å². The van der Waals surface area contributed by atoms with Gasteiger partial charge in [0.05, 0.1) is 17.2 Å². The summed E-state index contributed by atoms with van der Waals surface area (Å²) in [5, 5.41) is 9.40. The second-order valence-electron chi connectivity index (χ2n) is 6.79. The molecule has 0 bridgehead atoms. The van der Waals surface area contributed by atoms with Crippen molar-refractivity contribution in [3.63, 3.8) is 0 Å². The predicted octanol–water partition coefficient (Wildman–Crippen LogP) is 5.40. The van der Waals surface area contributed by atoms with Crippen LogP contribution in [0.3, 0.4) is 0 Å². The maximum absolute atomic E-state index is 13.0. The summed E-state index contributed by atoms with van der Waals surface area (Å²) in [5.41, 5.74) is 0.796. The van der Waals surface area contributed by atoms with Crippen LogP contribution in [0.25, 0.3) is 5.57 Å². The third-order valence-corrected chi connectivity index (χ3v) is 5.13. The van der Waals surface area contributed by atoms with E-state index in [9.17, 15) is 23.1 Å². The normalized spacial score (nSPS) is 17.4. The molecule has 0 spiro atoms. The number of hydrogen-bond acceptors (Lipinski definition) is 3. The SMILES string of the molecule is CC1CC(c2ccc(C(F)(F)F)c(Cl)c2)=C(CO)CN1C(=O)Oc1ccccc1. The van der Waals surface area contributed by atoms with Crippen LogP contribution in [0.4, 0.5) is 18.0 Å².